The van der Waals surface area contributed by atoms with E-state index in [0.29, 0.717) is 30.2 Å². The van der Waals surface area contributed by atoms with Crippen LogP contribution in [0.15, 0.2) is 35.5 Å². The summed E-state index contributed by atoms with van der Waals surface area (Å²) in [4.78, 5) is 2.28. The van der Waals surface area contributed by atoms with E-state index >= 15 is 0 Å². The molecule has 1 saturated heterocycles. The summed E-state index contributed by atoms with van der Waals surface area (Å²) in [6, 6.07) is 0. The van der Waals surface area contributed by atoms with Gasteiger partial charge >= 0.3 is 0 Å². The lowest BCUT2D eigenvalue weighted by molar-refractivity contribution is -0.0353. The highest BCUT2D eigenvalue weighted by Gasteiger charge is 2.49. The van der Waals surface area contributed by atoms with Crippen molar-refractivity contribution in [1.82, 2.24) is 4.90 Å². The van der Waals surface area contributed by atoms with Crippen molar-refractivity contribution in [3.05, 3.63) is 35.5 Å². The molecule has 31 heavy (non-hydrogen) atoms. The Morgan fingerprint density at radius 1 is 1.16 bits per heavy atom. The van der Waals surface area contributed by atoms with Crippen molar-refractivity contribution in [3.63, 3.8) is 0 Å². The zero-order chi connectivity index (χ0) is 22.2. The number of alkyl halides is 2. The van der Waals surface area contributed by atoms with Crippen LogP contribution in [0.1, 0.15) is 78.1 Å². The number of nitrogens with zero attached hydrogens (tertiary/aromatic N) is 1. The van der Waals surface area contributed by atoms with E-state index in [1.165, 1.54) is 37.7 Å². The van der Waals surface area contributed by atoms with Crippen LogP contribution in [-0.4, -0.2) is 41.7 Å². The smallest absolute Gasteiger partial charge is 0.249 e. The Morgan fingerprint density at radius 2 is 1.97 bits per heavy atom. The third-order valence-corrected chi connectivity index (χ3v) is 9.18. The normalized spacial score (nSPS) is 40.1. The Bertz CT molecular complexity index is 736. The highest BCUT2D eigenvalue weighted by molar-refractivity contribution is 5.37. The van der Waals surface area contributed by atoms with Gasteiger partial charge in [0, 0.05) is 12.5 Å². The predicted molar refractivity (Wildman–Crippen MR) is 123 cm³/mol. The molecule has 0 bridgehead atoms. The number of fused-ring (bicyclic) bond motifs is 1. The van der Waals surface area contributed by atoms with E-state index in [2.05, 4.69) is 30.6 Å². The van der Waals surface area contributed by atoms with E-state index in [1.807, 2.05) is 0 Å². The van der Waals surface area contributed by atoms with Crippen LogP contribution in [0.25, 0.3) is 0 Å². The Labute approximate surface area is 187 Å². The van der Waals surface area contributed by atoms with Crippen LogP contribution in [-0.2, 0) is 0 Å². The van der Waals surface area contributed by atoms with E-state index in [-0.39, 0.29) is 6.10 Å². The maximum atomic E-state index is 13.7. The van der Waals surface area contributed by atoms with Gasteiger partial charge in [-0.2, -0.15) is 0 Å². The van der Waals surface area contributed by atoms with E-state index < -0.39 is 11.8 Å². The van der Waals surface area contributed by atoms with Crippen LogP contribution in [0.5, 0.6) is 0 Å². The van der Waals surface area contributed by atoms with Crippen LogP contribution in [0, 0.1) is 23.2 Å². The lowest BCUT2D eigenvalue weighted by Gasteiger charge is -2.43. The molecule has 0 spiro atoms. The van der Waals surface area contributed by atoms with Crippen LogP contribution < -0.4 is 0 Å². The van der Waals surface area contributed by atoms with Crippen LogP contribution in [0.2, 0.25) is 0 Å². The Balaban J connectivity index is 1.38. The lowest BCUT2D eigenvalue weighted by Crippen LogP contribution is -2.35. The van der Waals surface area contributed by atoms with E-state index in [0.717, 1.165) is 51.3 Å². The molecule has 0 amide bonds. The number of likely N-dealkylation sites (tertiary alicyclic amines) is 1. The molecule has 0 aromatic rings. The standard InChI is InChI=1S/C27H41F2NO/c1-19-20(6-4-8-25(19)31)9-10-21-7-5-15-26(2)22(11-12-24(21)26)13-16-30-17-14-23(18-30)27(3,28)29/h9-10,22-25,31H,1,4-8,11-18H2,2-3H3/b20-9-,21-10+/t22-,23+,24?,25?,26?/m1/s1. The molecular formula is C27H41F2NO. The summed E-state index contributed by atoms with van der Waals surface area (Å²) in [7, 11) is 0. The van der Waals surface area contributed by atoms with Crippen molar-refractivity contribution in [2.24, 2.45) is 23.2 Å². The van der Waals surface area contributed by atoms with Gasteiger partial charge in [-0.05, 0) is 113 Å². The van der Waals surface area contributed by atoms with Crippen molar-refractivity contribution in [3.8, 4) is 0 Å². The SMILES string of the molecule is C=C1/C(=C\C=C2/CCCC3(C)C2CC[C@@H]3CCN2CC[C@H](C(C)(F)F)C2)CCCC1O. The quantitative estimate of drug-likeness (QED) is 0.533. The first-order chi connectivity index (χ1) is 14.7. The molecule has 4 aliphatic rings. The molecule has 4 rings (SSSR count). The van der Waals surface area contributed by atoms with Gasteiger partial charge in [0.2, 0.25) is 5.92 Å². The number of aliphatic hydroxyl groups is 1. The molecule has 4 heteroatoms. The summed E-state index contributed by atoms with van der Waals surface area (Å²) in [6.45, 7) is 10.1. The molecule has 2 nitrogen and oxygen atoms in total. The fraction of sp³-hybridized carbons (Fsp3) is 0.778. The van der Waals surface area contributed by atoms with Crippen molar-refractivity contribution in [2.45, 2.75) is 90.1 Å². The summed E-state index contributed by atoms with van der Waals surface area (Å²) in [5, 5.41) is 10.1. The number of halogens is 2. The third kappa shape index (κ3) is 4.85. The fourth-order valence-corrected chi connectivity index (χ4v) is 7.04. The Morgan fingerprint density at radius 3 is 2.71 bits per heavy atom. The monoisotopic (exact) mass is 433 g/mol. The van der Waals surface area contributed by atoms with E-state index in [1.54, 1.807) is 5.57 Å². The largest absolute Gasteiger partial charge is 0.388 e. The van der Waals surface area contributed by atoms with Crippen molar-refractivity contribution < 1.29 is 13.9 Å². The molecule has 3 unspecified atom stereocenters. The molecule has 4 fully saturated rings. The second-order valence-electron chi connectivity index (χ2n) is 11.1. The van der Waals surface area contributed by atoms with Gasteiger partial charge in [0.1, 0.15) is 0 Å². The Hall–Kier alpha value is -1.00. The number of hydrogen-bond acceptors (Lipinski definition) is 2. The molecule has 1 N–H and O–H groups in total. The van der Waals surface area contributed by atoms with Gasteiger partial charge in [0.15, 0.2) is 0 Å². The number of rotatable bonds is 5. The average Bonchev–Trinajstić information content (AvgIpc) is 3.32. The number of allylic oxidation sites excluding steroid dienone is 3. The van der Waals surface area contributed by atoms with Crippen molar-refractivity contribution in [2.75, 3.05) is 19.6 Å². The minimum atomic E-state index is -2.55. The van der Waals surface area contributed by atoms with Crippen LogP contribution >= 0.6 is 0 Å². The number of hydrogen-bond donors (Lipinski definition) is 1. The molecule has 0 aromatic heterocycles. The molecule has 0 aromatic carbocycles. The summed E-state index contributed by atoms with van der Waals surface area (Å²) in [6.07, 6.45) is 15.2. The first kappa shape index (κ1) is 23.2. The molecule has 5 atom stereocenters. The number of aliphatic hydroxyl groups excluding tert-OH is 1. The molecule has 174 valence electrons. The molecule has 0 radical (unpaired) electrons. The van der Waals surface area contributed by atoms with Crippen LogP contribution in [0.4, 0.5) is 8.78 Å². The first-order valence-corrected chi connectivity index (χ1v) is 12.6. The highest BCUT2D eigenvalue weighted by Crippen LogP contribution is 2.58. The minimum absolute atomic E-state index is 0.347. The zero-order valence-electron chi connectivity index (χ0n) is 19.5. The maximum absolute atomic E-state index is 13.7. The topological polar surface area (TPSA) is 23.5 Å². The second kappa shape index (κ2) is 9.09. The molecule has 3 saturated carbocycles. The van der Waals surface area contributed by atoms with Crippen molar-refractivity contribution >= 4 is 0 Å². The molecule has 1 aliphatic heterocycles. The van der Waals surface area contributed by atoms with Crippen molar-refractivity contribution in [1.29, 1.82) is 0 Å². The lowest BCUT2D eigenvalue weighted by atomic mass is 9.63. The fourth-order valence-electron chi connectivity index (χ4n) is 7.04. The van der Waals surface area contributed by atoms with Gasteiger partial charge in [0.05, 0.1) is 6.10 Å². The van der Waals surface area contributed by atoms with Crippen LogP contribution in [0.3, 0.4) is 0 Å². The zero-order valence-corrected chi connectivity index (χ0v) is 19.5. The van der Waals surface area contributed by atoms with Gasteiger partial charge < -0.3 is 10.0 Å². The predicted octanol–water partition coefficient (Wildman–Crippen LogP) is 6.52. The summed E-state index contributed by atoms with van der Waals surface area (Å²) in [5.74, 6) is -1.67. The van der Waals surface area contributed by atoms with Gasteiger partial charge in [0.25, 0.3) is 0 Å². The van der Waals surface area contributed by atoms with E-state index in [4.69, 9.17) is 0 Å². The summed E-state index contributed by atoms with van der Waals surface area (Å²) < 4.78 is 27.3. The van der Waals surface area contributed by atoms with Gasteiger partial charge in [-0.1, -0.05) is 31.2 Å². The second-order valence-corrected chi connectivity index (χ2v) is 11.1. The van der Waals surface area contributed by atoms with Gasteiger partial charge in [-0.3, -0.25) is 0 Å². The highest BCUT2D eigenvalue weighted by atomic mass is 19.3. The molecule has 3 aliphatic carbocycles. The Kier molecular flexibility index (Phi) is 6.80. The van der Waals surface area contributed by atoms with E-state index in [9.17, 15) is 13.9 Å². The van der Waals surface area contributed by atoms with Gasteiger partial charge in [-0.15, -0.1) is 0 Å². The third-order valence-electron chi connectivity index (χ3n) is 9.18. The minimum Gasteiger partial charge on any atom is -0.388 e. The van der Waals surface area contributed by atoms with Gasteiger partial charge in [-0.25, -0.2) is 8.78 Å². The average molecular weight is 434 g/mol. The maximum Gasteiger partial charge on any atom is 0.249 e. The summed E-state index contributed by atoms with van der Waals surface area (Å²) >= 11 is 0. The summed E-state index contributed by atoms with van der Waals surface area (Å²) in [5.41, 5.74) is 4.07. The molecular weight excluding hydrogens is 392 g/mol. The molecule has 1 heterocycles. The first-order valence-electron chi connectivity index (χ1n) is 12.6.